The summed E-state index contributed by atoms with van der Waals surface area (Å²) >= 11 is 0. The molecular formula is C44H28O. The van der Waals surface area contributed by atoms with E-state index in [1.165, 1.54) is 54.9 Å². The Balaban J connectivity index is 1.30. The predicted molar refractivity (Wildman–Crippen MR) is 190 cm³/mol. The van der Waals surface area contributed by atoms with Crippen LogP contribution in [0.5, 0.6) is 0 Å². The van der Waals surface area contributed by atoms with Gasteiger partial charge in [0.2, 0.25) is 0 Å². The van der Waals surface area contributed by atoms with Crippen LogP contribution in [0.15, 0.2) is 174 Å². The first-order valence-corrected chi connectivity index (χ1v) is 15.4. The molecule has 0 saturated carbocycles. The van der Waals surface area contributed by atoms with Crippen molar-refractivity contribution >= 4 is 43.5 Å². The van der Waals surface area contributed by atoms with Gasteiger partial charge in [0.1, 0.15) is 11.2 Å². The lowest BCUT2D eigenvalue weighted by atomic mass is 9.85. The molecule has 0 spiro atoms. The highest BCUT2D eigenvalue weighted by Crippen LogP contribution is 2.45. The molecule has 9 rings (SSSR count). The Morgan fingerprint density at radius 1 is 0.289 bits per heavy atom. The van der Waals surface area contributed by atoms with Crippen molar-refractivity contribution < 1.29 is 4.42 Å². The molecule has 0 N–H and O–H groups in total. The largest absolute Gasteiger partial charge is 0.455 e. The van der Waals surface area contributed by atoms with Crippen LogP contribution in [-0.2, 0) is 0 Å². The second-order valence-corrected chi connectivity index (χ2v) is 11.6. The van der Waals surface area contributed by atoms with E-state index in [9.17, 15) is 0 Å². The molecule has 1 heterocycles. The van der Waals surface area contributed by atoms with E-state index in [4.69, 9.17) is 4.42 Å². The Bertz CT molecular complexity index is 2460. The molecule has 0 saturated heterocycles. The Labute approximate surface area is 261 Å². The monoisotopic (exact) mass is 572 g/mol. The first kappa shape index (κ1) is 25.6. The SMILES string of the molecule is c1ccc(-c2cccc(-c3c4ccccc4c(-c4ccc5oc6c(-c7ccccc7)cccc6c5c4)c4ccccc34)c2)cc1. The second kappa shape index (κ2) is 10.4. The van der Waals surface area contributed by atoms with Gasteiger partial charge in [-0.15, -0.1) is 0 Å². The summed E-state index contributed by atoms with van der Waals surface area (Å²) in [6, 6.07) is 60.9. The smallest absolute Gasteiger partial charge is 0.143 e. The van der Waals surface area contributed by atoms with E-state index in [0.717, 1.165) is 33.1 Å². The molecule has 0 aliphatic carbocycles. The van der Waals surface area contributed by atoms with Gasteiger partial charge in [-0.3, -0.25) is 0 Å². The molecule has 0 atom stereocenters. The van der Waals surface area contributed by atoms with Crippen LogP contribution in [0.1, 0.15) is 0 Å². The number of rotatable bonds is 4. The molecule has 0 fully saturated rings. The van der Waals surface area contributed by atoms with Gasteiger partial charge in [-0.05, 0) is 78.7 Å². The second-order valence-electron chi connectivity index (χ2n) is 11.6. The lowest BCUT2D eigenvalue weighted by molar-refractivity contribution is 0.670. The van der Waals surface area contributed by atoms with Crippen LogP contribution in [0.4, 0.5) is 0 Å². The van der Waals surface area contributed by atoms with Crippen molar-refractivity contribution in [1.82, 2.24) is 0 Å². The average Bonchev–Trinajstić information content (AvgIpc) is 3.49. The lowest BCUT2D eigenvalue weighted by Gasteiger charge is -2.18. The predicted octanol–water partition coefficient (Wildman–Crippen LogP) is 12.6. The normalized spacial score (nSPS) is 11.6. The maximum absolute atomic E-state index is 6.53. The summed E-state index contributed by atoms with van der Waals surface area (Å²) in [5.74, 6) is 0. The summed E-state index contributed by atoms with van der Waals surface area (Å²) in [7, 11) is 0. The maximum Gasteiger partial charge on any atom is 0.143 e. The molecular weight excluding hydrogens is 544 g/mol. The molecule has 1 nitrogen and oxygen atoms in total. The van der Waals surface area contributed by atoms with Crippen molar-refractivity contribution in [1.29, 1.82) is 0 Å². The zero-order valence-corrected chi connectivity index (χ0v) is 24.6. The zero-order valence-electron chi connectivity index (χ0n) is 24.6. The van der Waals surface area contributed by atoms with Crippen molar-refractivity contribution in [3.8, 4) is 44.5 Å². The van der Waals surface area contributed by atoms with Gasteiger partial charge in [-0.1, -0.05) is 152 Å². The van der Waals surface area contributed by atoms with E-state index in [0.29, 0.717) is 0 Å². The van der Waals surface area contributed by atoms with Gasteiger partial charge in [-0.2, -0.15) is 0 Å². The topological polar surface area (TPSA) is 13.1 Å². The van der Waals surface area contributed by atoms with Crippen LogP contribution in [0.3, 0.4) is 0 Å². The molecule has 9 aromatic rings. The van der Waals surface area contributed by atoms with Gasteiger partial charge in [0.15, 0.2) is 0 Å². The highest BCUT2D eigenvalue weighted by Gasteiger charge is 2.19. The van der Waals surface area contributed by atoms with E-state index in [2.05, 4.69) is 170 Å². The number of furan rings is 1. The van der Waals surface area contributed by atoms with E-state index in [-0.39, 0.29) is 0 Å². The minimum atomic E-state index is 0.903. The zero-order chi connectivity index (χ0) is 29.7. The van der Waals surface area contributed by atoms with Crippen LogP contribution in [0, 0.1) is 0 Å². The van der Waals surface area contributed by atoms with Gasteiger partial charge in [0.25, 0.3) is 0 Å². The molecule has 0 radical (unpaired) electrons. The fraction of sp³-hybridized carbons (Fsp3) is 0. The Morgan fingerprint density at radius 3 is 1.42 bits per heavy atom. The van der Waals surface area contributed by atoms with Crippen LogP contribution in [0.2, 0.25) is 0 Å². The summed E-state index contributed by atoms with van der Waals surface area (Å²) in [6.45, 7) is 0. The van der Waals surface area contributed by atoms with Gasteiger partial charge in [0.05, 0.1) is 0 Å². The molecule has 210 valence electrons. The Kier molecular flexibility index (Phi) is 5.89. The van der Waals surface area contributed by atoms with E-state index in [1.807, 2.05) is 0 Å². The number of hydrogen-bond acceptors (Lipinski definition) is 1. The number of para-hydroxylation sites is 1. The Morgan fingerprint density at radius 2 is 0.778 bits per heavy atom. The number of benzene rings is 8. The van der Waals surface area contributed by atoms with Crippen molar-refractivity contribution in [3.63, 3.8) is 0 Å². The highest BCUT2D eigenvalue weighted by molar-refractivity contribution is 6.22. The quantitative estimate of drug-likeness (QED) is 0.191. The van der Waals surface area contributed by atoms with Gasteiger partial charge < -0.3 is 4.42 Å². The fourth-order valence-electron chi connectivity index (χ4n) is 7.03. The summed E-state index contributed by atoms with van der Waals surface area (Å²) in [4.78, 5) is 0. The van der Waals surface area contributed by atoms with Crippen molar-refractivity contribution in [3.05, 3.63) is 170 Å². The molecule has 0 bridgehead atoms. The lowest BCUT2D eigenvalue weighted by Crippen LogP contribution is -1.91. The molecule has 0 aliphatic rings. The molecule has 0 unspecified atom stereocenters. The minimum Gasteiger partial charge on any atom is -0.455 e. The van der Waals surface area contributed by atoms with Crippen LogP contribution in [0.25, 0.3) is 88.0 Å². The molecule has 1 aromatic heterocycles. The van der Waals surface area contributed by atoms with Crippen molar-refractivity contribution in [2.75, 3.05) is 0 Å². The first-order valence-electron chi connectivity index (χ1n) is 15.4. The van der Waals surface area contributed by atoms with Gasteiger partial charge in [0, 0.05) is 16.3 Å². The number of hydrogen-bond donors (Lipinski definition) is 0. The molecule has 1 heteroatoms. The standard InChI is InChI=1S/C44H28O/c1-3-13-29(14-4-1)31-17-11-18-32(27-31)42-35-19-7-9-21-37(35)43(38-22-10-8-20-36(38)42)33-25-26-41-40(28-33)39-24-12-23-34(44(39)45-41)30-15-5-2-6-16-30/h1-28H. The van der Waals surface area contributed by atoms with Crippen molar-refractivity contribution in [2.45, 2.75) is 0 Å². The van der Waals surface area contributed by atoms with E-state index in [1.54, 1.807) is 0 Å². The third-order valence-electron chi connectivity index (χ3n) is 9.06. The average molecular weight is 573 g/mol. The summed E-state index contributed by atoms with van der Waals surface area (Å²) in [6.07, 6.45) is 0. The summed E-state index contributed by atoms with van der Waals surface area (Å²) in [5.41, 5.74) is 11.5. The molecule has 45 heavy (non-hydrogen) atoms. The minimum absolute atomic E-state index is 0.903. The Hall–Kier alpha value is -5.92. The summed E-state index contributed by atoms with van der Waals surface area (Å²) in [5, 5.41) is 7.26. The van der Waals surface area contributed by atoms with Crippen LogP contribution >= 0.6 is 0 Å². The van der Waals surface area contributed by atoms with Gasteiger partial charge in [-0.25, -0.2) is 0 Å². The fourth-order valence-corrected chi connectivity index (χ4v) is 7.03. The highest BCUT2D eigenvalue weighted by atomic mass is 16.3. The van der Waals surface area contributed by atoms with Gasteiger partial charge >= 0.3 is 0 Å². The molecule has 8 aromatic carbocycles. The summed E-state index contributed by atoms with van der Waals surface area (Å²) < 4.78 is 6.53. The number of fused-ring (bicyclic) bond motifs is 5. The molecule has 0 amide bonds. The van der Waals surface area contributed by atoms with Crippen LogP contribution < -0.4 is 0 Å². The molecule has 0 aliphatic heterocycles. The maximum atomic E-state index is 6.53. The van der Waals surface area contributed by atoms with E-state index >= 15 is 0 Å². The van der Waals surface area contributed by atoms with Crippen LogP contribution in [-0.4, -0.2) is 0 Å². The van der Waals surface area contributed by atoms with Crippen molar-refractivity contribution in [2.24, 2.45) is 0 Å². The first-order chi connectivity index (χ1) is 22.3. The van der Waals surface area contributed by atoms with E-state index < -0.39 is 0 Å². The third kappa shape index (κ3) is 4.17. The third-order valence-corrected chi connectivity index (χ3v) is 9.06.